The first-order valence-corrected chi connectivity index (χ1v) is 6.88. The first-order valence-electron chi connectivity index (χ1n) is 5.89. The number of hydrogen-bond acceptors (Lipinski definition) is 5. The quantitative estimate of drug-likeness (QED) is 0.312. The Morgan fingerprint density at radius 1 is 1.50 bits per heavy atom. The lowest BCUT2D eigenvalue weighted by Gasteiger charge is -2.06. The van der Waals surface area contributed by atoms with Gasteiger partial charge >= 0.3 is 5.69 Å². The van der Waals surface area contributed by atoms with Crippen LogP contribution in [0.25, 0.3) is 0 Å². The molecule has 0 atom stereocenters. The fourth-order valence-corrected chi connectivity index (χ4v) is 2.22. The Hall–Kier alpha value is -2.22. The van der Waals surface area contributed by atoms with Crippen LogP contribution in [-0.2, 0) is 7.05 Å². The highest BCUT2D eigenvalue weighted by atomic mass is 32.2. The summed E-state index contributed by atoms with van der Waals surface area (Å²) in [6, 6.07) is 7.02. The highest BCUT2D eigenvalue weighted by Gasteiger charge is 2.04. The average Bonchev–Trinajstić information content (AvgIpc) is 2.76. The molecule has 0 fully saturated rings. The summed E-state index contributed by atoms with van der Waals surface area (Å²) in [4.78, 5) is 11.2. The molecule has 0 bridgehead atoms. The van der Waals surface area contributed by atoms with E-state index in [-0.39, 0.29) is 11.5 Å². The molecule has 8 heteroatoms. The molecule has 0 amide bonds. The van der Waals surface area contributed by atoms with Gasteiger partial charge in [-0.15, -0.1) is 5.10 Å². The van der Waals surface area contributed by atoms with Gasteiger partial charge in [0.15, 0.2) is 5.16 Å². The molecule has 0 aliphatic heterocycles. The van der Waals surface area contributed by atoms with Gasteiger partial charge in [-0.25, -0.2) is 9.89 Å². The lowest BCUT2D eigenvalue weighted by Crippen LogP contribution is -2.13. The van der Waals surface area contributed by atoms with Crippen LogP contribution in [0.1, 0.15) is 5.56 Å². The Kier molecular flexibility index (Phi) is 4.46. The Morgan fingerprint density at radius 3 is 2.75 bits per heavy atom. The van der Waals surface area contributed by atoms with Crippen molar-refractivity contribution in [2.24, 2.45) is 12.8 Å². The van der Waals surface area contributed by atoms with Crippen molar-refractivity contribution in [2.75, 3.05) is 12.4 Å². The Morgan fingerprint density at radius 2 is 2.20 bits per heavy atom. The number of aromatic amines is 1. The fraction of sp³-hybridized carbons (Fsp3) is 0.250. The summed E-state index contributed by atoms with van der Waals surface area (Å²) >= 11 is 1.44. The Bertz CT molecular complexity index is 647. The number of aromatic nitrogens is 3. The van der Waals surface area contributed by atoms with E-state index >= 15 is 0 Å². The van der Waals surface area contributed by atoms with Crippen molar-refractivity contribution < 1.29 is 4.74 Å². The number of thioether (sulfide) groups is 1. The third kappa shape index (κ3) is 3.41. The van der Waals surface area contributed by atoms with Crippen LogP contribution < -0.4 is 16.2 Å². The van der Waals surface area contributed by atoms with Crippen LogP contribution in [0.4, 0.5) is 0 Å². The van der Waals surface area contributed by atoms with Crippen molar-refractivity contribution >= 4 is 17.6 Å². The molecule has 0 aliphatic carbocycles. The van der Waals surface area contributed by atoms with E-state index < -0.39 is 0 Å². The van der Waals surface area contributed by atoms with Crippen molar-refractivity contribution in [1.82, 2.24) is 14.8 Å². The zero-order valence-corrected chi connectivity index (χ0v) is 11.7. The van der Waals surface area contributed by atoms with Crippen LogP contribution in [0.15, 0.2) is 34.2 Å². The summed E-state index contributed by atoms with van der Waals surface area (Å²) in [5.74, 6) is 1.42. The molecular formula is C12H15N5O2S. The summed E-state index contributed by atoms with van der Waals surface area (Å²) in [7, 11) is 1.66. The molecule has 1 aromatic heterocycles. The minimum absolute atomic E-state index is 0.0338. The number of amidine groups is 1. The second-order valence-electron chi connectivity index (χ2n) is 4.01. The summed E-state index contributed by atoms with van der Waals surface area (Å²) < 4.78 is 7.00. The van der Waals surface area contributed by atoms with Crippen molar-refractivity contribution in [3.63, 3.8) is 0 Å². The summed E-state index contributed by atoms with van der Waals surface area (Å²) in [6.45, 7) is 0.491. The minimum Gasteiger partial charge on any atom is -0.493 e. The number of nitrogens with zero attached hydrogens (tertiary/aromatic N) is 2. The number of nitrogen functional groups attached to an aromatic ring is 1. The van der Waals surface area contributed by atoms with E-state index in [0.717, 1.165) is 0 Å². The van der Waals surface area contributed by atoms with Gasteiger partial charge in [-0.3, -0.25) is 9.98 Å². The standard InChI is InChI=1S/C12H15N5O2S/c1-17-11(18)15-16-12(17)20-7-6-19-9-4-2-8(3-5-9)10(13)14/h2-5H,6-7H2,1H3,(H3,13,14)(H,15,18). The molecule has 4 N–H and O–H groups in total. The normalized spacial score (nSPS) is 10.4. The lowest BCUT2D eigenvalue weighted by atomic mass is 10.2. The average molecular weight is 293 g/mol. The Balaban J connectivity index is 1.80. The van der Waals surface area contributed by atoms with Gasteiger partial charge in [-0.2, -0.15) is 0 Å². The highest BCUT2D eigenvalue weighted by molar-refractivity contribution is 7.99. The molecule has 1 heterocycles. The van der Waals surface area contributed by atoms with Gasteiger partial charge in [0.2, 0.25) is 0 Å². The van der Waals surface area contributed by atoms with E-state index in [0.29, 0.717) is 28.8 Å². The topological polar surface area (TPSA) is 110 Å². The van der Waals surface area contributed by atoms with Crippen molar-refractivity contribution in [2.45, 2.75) is 5.16 Å². The molecule has 1 aromatic carbocycles. The second-order valence-corrected chi connectivity index (χ2v) is 5.07. The van der Waals surface area contributed by atoms with Crippen LogP contribution in [0.3, 0.4) is 0 Å². The highest BCUT2D eigenvalue weighted by Crippen LogP contribution is 2.14. The van der Waals surface area contributed by atoms with Gasteiger partial charge in [0, 0.05) is 18.4 Å². The monoisotopic (exact) mass is 293 g/mol. The molecule has 7 nitrogen and oxygen atoms in total. The lowest BCUT2D eigenvalue weighted by molar-refractivity contribution is 0.344. The second kappa shape index (κ2) is 6.29. The maximum absolute atomic E-state index is 11.2. The maximum atomic E-state index is 11.2. The SMILES string of the molecule is Cn1c(SCCOc2ccc(C(=N)N)cc2)n[nH]c1=O. The van der Waals surface area contributed by atoms with Crippen LogP contribution >= 0.6 is 11.8 Å². The van der Waals surface area contributed by atoms with Crippen molar-refractivity contribution in [1.29, 1.82) is 5.41 Å². The van der Waals surface area contributed by atoms with E-state index in [1.807, 2.05) is 0 Å². The van der Waals surface area contributed by atoms with Gasteiger partial charge in [0.25, 0.3) is 0 Å². The van der Waals surface area contributed by atoms with E-state index in [4.69, 9.17) is 15.9 Å². The summed E-state index contributed by atoms with van der Waals surface area (Å²) in [5.41, 5.74) is 5.80. The predicted octanol–water partition coefficient (Wildman–Crippen LogP) is 0.564. The van der Waals surface area contributed by atoms with Gasteiger partial charge < -0.3 is 10.5 Å². The molecule has 2 rings (SSSR count). The molecule has 0 unspecified atom stereocenters. The smallest absolute Gasteiger partial charge is 0.343 e. The number of nitrogens with one attached hydrogen (secondary N) is 2. The van der Waals surface area contributed by atoms with E-state index in [1.165, 1.54) is 16.3 Å². The van der Waals surface area contributed by atoms with Crippen molar-refractivity contribution in [3.05, 3.63) is 40.3 Å². The number of ether oxygens (including phenoxy) is 1. The molecule has 0 saturated carbocycles. The molecule has 2 aromatic rings. The Labute approximate surface area is 119 Å². The third-order valence-corrected chi connectivity index (χ3v) is 3.58. The van der Waals surface area contributed by atoms with Gasteiger partial charge in [0.1, 0.15) is 11.6 Å². The van der Waals surface area contributed by atoms with Crippen LogP contribution in [0, 0.1) is 5.41 Å². The number of rotatable bonds is 6. The van der Waals surface area contributed by atoms with Gasteiger partial charge in [-0.1, -0.05) is 11.8 Å². The van der Waals surface area contributed by atoms with E-state index in [1.54, 1.807) is 31.3 Å². The fourth-order valence-electron chi connectivity index (χ4n) is 1.48. The third-order valence-electron chi connectivity index (χ3n) is 2.59. The molecule has 0 saturated heterocycles. The van der Waals surface area contributed by atoms with Gasteiger partial charge in [0.05, 0.1) is 6.61 Å². The van der Waals surface area contributed by atoms with E-state index in [2.05, 4.69) is 10.2 Å². The zero-order valence-electron chi connectivity index (χ0n) is 10.9. The maximum Gasteiger partial charge on any atom is 0.343 e. The largest absolute Gasteiger partial charge is 0.493 e. The van der Waals surface area contributed by atoms with Crippen LogP contribution in [0.5, 0.6) is 5.75 Å². The van der Waals surface area contributed by atoms with Gasteiger partial charge in [-0.05, 0) is 24.3 Å². The van der Waals surface area contributed by atoms with Crippen LogP contribution in [-0.4, -0.2) is 33.0 Å². The number of hydrogen-bond donors (Lipinski definition) is 3. The molecule has 106 valence electrons. The number of benzene rings is 1. The molecular weight excluding hydrogens is 278 g/mol. The number of H-pyrrole nitrogens is 1. The summed E-state index contributed by atoms with van der Waals surface area (Å²) in [6.07, 6.45) is 0. The molecule has 20 heavy (non-hydrogen) atoms. The van der Waals surface area contributed by atoms with Crippen LogP contribution in [0.2, 0.25) is 0 Å². The first-order chi connectivity index (χ1) is 9.58. The number of nitrogens with two attached hydrogens (primary N) is 1. The predicted molar refractivity (Wildman–Crippen MR) is 77.5 cm³/mol. The molecule has 0 aliphatic rings. The molecule has 0 radical (unpaired) electrons. The summed E-state index contributed by atoms with van der Waals surface area (Å²) in [5, 5.41) is 14.2. The van der Waals surface area contributed by atoms with E-state index in [9.17, 15) is 4.79 Å². The van der Waals surface area contributed by atoms with Crippen molar-refractivity contribution in [3.8, 4) is 5.75 Å². The minimum atomic E-state index is -0.228. The first kappa shape index (κ1) is 14.2. The molecule has 0 spiro atoms. The zero-order chi connectivity index (χ0) is 14.5.